The van der Waals surface area contributed by atoms with Crippen LogP contribution >= 0.6 is 11.3 Å². The second-order valence-electron chi connectivity index (χ2n) is 6.91. The Labute approximate surface area is 176 Å². The van der Waals surface area contributed by atoms with Crippen LogP contribution < -0.4 is 15.6 Å². The number of anilines is 1. The summed E-state index contributed by atoms with van der Waals surface area (Å²) in [6, 6.07) is 3.99. The molecule has 0 saturated heterocycles. The first-order chi connectivity index (χ1) is 14.4. The third-order valence-corrected chi connectivity index (χ3v) is 5.56. The summed E-state index contributed by atoms with van der Waals surface area (Å²) in [4.78, 5) is 33.7. The first-order valence-corrected chi connectivity index (χ1v) is 10.0. The Kier molecular flexibility index (Phi) is 5.08. The van der Waals surface area contributed by atoms with Gasteiger partial charge in [-0.1, -0.05) is 0 Å². The number of carbonyl (C=O) groups is 1. The molecule has 0 bridgehead atoms. The summed E-state index contributed by atoms with van der Waals surface area (Å²) in [5.41, 5.74) is 3.96. The maximum absolute atomic E-state index is 12.5. The minimum Gasteiger partial charge on any atom is -0.496 e. The molecule has 10 heteroatoms. The second-order valence-corrected chi connectivity index (χ2v) is 7.76. The highest BCUT2D eigenvalue weighted by molar-refractivity contribution is 7.14. The highest BCUT2D eigenvalue weighted by Crippen LogP contribution is 2.32. The van der Waals surface area contributed by atoms with Crippen LogP contribution in [0.3, 0.4) is 0 Å². The van der Waals surface area contributed by atoms with Crippen LogP contribution in [0.25, 0.3) is 22.3 Å². The van der Waals surface area contributed by atoms with Gasteiger partial charge in [-0.25, -0.2) is 9.97 Å². The molecule has 154 valence electrons. The van der Waals surface area contributed by atoms with Crippen LogP contribution in [0.4, 0.5) is 5.13 Å². The summed E-state index contributed by atoms with van der Waals surface area (Å²) in [5.74, 6) is 0.468. The molecule has 1 N–H and O–H groups in total. The first-order valence-electron chi connectivity index (χ1n) is 9.15. The zero-order valence-corrected chi connectivity index (χ0v) is 17.8. The van der Waals surface area contributed by atoms with Crippen molar-refractivity contribution in [2.24, 2.45) is 7.05 Å². The molecular formula is C20H20N6O3S. The third-order valence-electron chi connectivity index (χ3n) is 4.80. The van der Waals surface area contributed by atoms with Gasteiger partial charge in [0.15, 0.2) is 10.8 Å². The molecule has 0 atom stereocenters. The zero-order chi connectivity index (χ0) is 21.4. The van der Waals surface area contributed by atoms with E-state index >= 15 is 0 Å². The number of hydrogen-bond acceptors (Lipinski definition) is 7. The lowest BCUT2D eigenvalue weighted by Gasteiger charge is -2.09. The summed E-state index contributed by atoms with van der Waals surface area (Å²) >= 11 is 1.33. The molecule has 1 amide bonds. The number of thiazole rings is 1. The van der Waals surface area contributed by atoms with Crippen LogP contribution in [-0.4, -0.2) is 37.3 Å². The number of ether oxygens (including phenoxy) is 1. The average molecular weight is 424 g/mol. The highest BCUT2D eigenvalue weighted by atomic mass is 32.1. The monoisotopic (exact) mass is 424 g/mol. The van der Waals surface area contributed by atoms with Crippen LogP contribution in [0.5, 0.6) is 5.75 Å². The van der Waals surface area contributed by atoms with Crippen molar-refractivity contribution in [1.29, 1.82) is 0 Å². The van der Waals surface area contributed by atoms with E-state index in [9.17, 15) is 9.59 Å². The number of methoxy groups -OCH3 is 1. The van der Waals surface area contributed by atoms with Crippen molar-refractivity contribution in [2.45, 2.75) is 20.4 Å². The summed E-state index contributed by atoms with van der Waals surface area (Å²) in [6.07, 6.45) is 2.80. The molecule has 0 unspecified atom stereocenters. The minimum absolute atomic E-state index is 0.160. The van der Waals surface area contributed by atoms with Crippen molar-refractivity contribution in [2.75, 3.05) is 12.4 Å². The van der Waals surface area contributed by atoms with Crippen LogP contribution in [0.1, 0.15) is 11.1 Å². The van der Waals surface area contributed by atoms with Gasteiger partial charge in [0, 0.05) is 18.0 Å². The van der Waals surface area contributed by atoms with Gasteiger partial charge >= 0.3 is 0 Å². The standard InChI is InChI=1S/C20H20N6O3S/c1-11-6-16(29-4)12(2)5-13(11)15-9-30-20(23-15)24-17(27)8-26-10-21-18-14(19(26)28)7-22-25(18)3/h5-7,9-10H,8H2,1-4H3,(H,23,24,27). The Morgan fingerprint density at radius 1 is 1.27 bits per heavy atom. The van der Waals surface area contributed by atoms with E-state index < -0.39 is 0 Å². The van der Waals surface area contributed by atoms with Gasteiger partial charge in [0.1, 0.15) is 24.0 Å². The predicted octanol–water partition coefficient (Wildman–Crippen LogP) is 2.52. The number of hydrogen-bond donors (Lipinski definition) is 1. The highest BCUT2D eigenvalue weighted by Gasteiger charge is 2.14. The smallest absolute Gasteiger partial charge is 0.264 e. The molecule has 3 heterocycles. The number of nitrogens with zero attached hydrogens (tertiary/aromatic N) is 5. The Morgan fingerprint density at radius 2 is 2.07 bits per heavy atom. The molecule has 0 aliphatic heterocycles. The summed E-state index contributed by atoms with van der Waals surface area (Å²) in [6.45, 7) is 3.80. The lowest BCUT2D eigenvalue weighted by atomic mass is 10.0. The molecule has 0 aliphatic rings. The molecule has 0 radical (unpaired) electrons. The van der Waals surface area contributed by atoms with Crippen molar-refractivity contribution in [3.8, 4) is 17.0 Å². The van der Waals surface area contributed by atoms with Gasteiger partial charge in [-0.2, -0.15) is 5.10 Å². The lowest BCUT2D eigenvalue weighted by Crippen LogP contribution is -2.27. The Balaban J connectivity index is 1.52. The van der Waals surface area contributed by atoms with E-state index in [4.69, 9.17) is 4.74 Å². The maximum Gasteiger partial charge on any atom is 0.264 e. The van der Waals surface area contributed by atoms with E-state index in [1.54, 1.807) is 14.2 Å². The van der Waals surface area contributed by atoms with Crippen molar-refractivity contribution < 1.29 is 9.53 Å². The number of carbonyl (C=O) groups excluding carboxylic acids is 1. The zero-order valence-electron chi connectivity index (χ0n) is 17.0. The van der Waals surface area contributed by atoms with E-state index in [-0.39, 0.29) is 18.0 Å². The molecular weight excluding hydrogens is 404 g/mol. The maximum atomic E-state index is 12.5. The van der Waals surface area contributed by atoms with Crippen LogP contribution in [-0.2, 0) is 18.4 Å². The van der Waals surface area contributed by atoms with Crippen LogP contribution in [0, 0.1) is 13.8 Å². The van der Waals surface area contributed by atoms with E-state index in [1.807, 2.05) is 31.4 Å². The fraction of sp³-hybridized carbons (Fsp3) is 0.250. The quantitative estimate of drug-likeness (QED) is 0.528. The van der Waals surface area contributed by atoms with Gasteiger partial charge < -0.3 is 10.1 Å². The Morgan fingerprint density at radius 3 is 2.83 bits per heavy atom. The molecule has 9 nitrogen and oxygen atoms in total. The van der Waals surface area contributed by atoms with Crippen molar-refractivity contribution in [3.05, 3.63) is 51.5 Å². The van der Waals surface area contributed by atoms with Crippen LogP contribution in [0.2, 0.25) is 0 Å². The van der Waals surface area contributed by atoms with Gasteiger partial charge in [-0.05, 0) is 37.1 Å². The fourth-order valence-electron chi connectivity index (χ4n) is 3.23. The van der Waals surface area contributed by atoms with Gasteiger partial charge in [0.2, 0.25) is 5.91 Å². The summed E-state index contributed by atoms with van der Waals surface area (Å²) in [5, 5.41) is 9.50. The first kappa shape index (κ1) is 19.8. The molecule has 4 aromatic rings. The SMILES string of the molecule is COc1cc(C)c(-c2csc(NC(=O)Cn3cnc4c(cnn4C)c3=O)n2)cc1C. The minimum atomic E-state index is -0.356. The number of nitrogens with one attached hydrogen (secondary N) is 1. The largest absolute Gasteiger partial charge is 0.496 e. The molecule has 4 rings (SSSR count). The third kappa shape index (κ3) is 3.57. The predicted molar refractivity (Wildman–Crippen MR) is 115 cm³/mol. The van der Waals surface area contributed by atoms with Gasteiger partial charge in [0.05, 0.1) is 19.0 Å². The number of amides is 1. The summed E-state index contributed by atoms with van der Waals surface area (Å²) < 4.78 is 8.13. The molecule has 1 aromatic carbocycles. The normalized spacial score (nSPS) is 11.1. The van der Waals surface area contributed by atoms with Crippen molar-refractivity contribution >= 4 is 33.4 Å². The Hall–Kier alpha value is -3.53. The molecule has 0 fully saturated rings. The molecule has 0 saturated carbocycles. The Bertz CT molecular complexity index is 1320. The van der Waals surface area contributed by atoms with E-state index in [1.165, 1.54) is 33.1 Å². The lowest BCUT2D eigenvalue weighted by molar-refractivity contribution is -0.116. The molecule has 30 heavy (non-hydrogen) atoms. The number of aryl methyl sites for hydroxylation is 3. The molecule has 0 spiro atoms. The number of rotatable bonds is 5. The van der Waals surface area contributed by atoms with Gasteiger partial charge in [-0.15, -0.1) is 11.3 Å². The van der Waals surface area contributed by atoms with E-state index in [0.29, 0.717) is 16.2 Å². The van der Waals surface area contributed by atoms with E-state index in [2.05, 4.69) is 20.4 Å². The van der Waals surface area contributed by atoms with Crippen molar-refractivity contribution in [3.63, 3.8) is 0 Å². The van der Waals surface area contributed by atoms with Crippen molar-refractivity contribution in [1.82, 2.24) is 24.3 Å². The van der Waals surface area contributed by atoms with Gasteiger partial charge in [0.25, 0.3) is 5.56 Å². The molecule has 0 aliphatic carbocycles. The topological polar surface area (TPSA) is 104 Å². The fourth-order valence-corrected chi connectivity index (χ4v) is 3.96. The van der Waals surface area contributed by atoms with E-state index in [0.717, 1.165) is 28.1 Å². The number of benzene rings is 1. The summed E-state index contributed by atoms with van der Waals surface area (Å²) in [7, 11) is 3.35. The second kappa shape index (κ2) is 7.71. The molecule has 3 aromatic heterocycles. The van der Waals surface area contributed by atoms with Crippen LogP contribution in [0.15, 0.2) is 34.8 Å². The average Bonchev–Trinajstić information content (AvgIpc) is 3.32. The number of fused-ring (bicyclic) bond motifs is 1. The number of aromatic nitrogens is 5. The van der Waals surface area contributed by atoms with Gasteiger partial charge in [-0.3, -0.25) is 18.8 Å².